The molecule has 1 saturated heterocycles. The van der Waals surface area contributed by atoms with Crippen molar-refractivity contribution in [1.82, 2.24) is 5.32 Å². The Morgan fingerprint density at radius 2 is 1.80 bits per heavy atom. The molecule has 204 valence electrons. The number of nitrogens with one attached hydrogen (secondary N) is 2. The molecule has 2 heterocycles. The van der Waals surface area contributed by atoms with E-state index < -0.39 is 23.3 Å². The van der Waals surface area contributed by atoms with Crippen molar-refractivity contribution in [2.75, 3.05) is 5.32 Å². The van der Waals surface area contributed by atoms with Gasteiger partial charge in [-0.2, -0.15) is 0 Å². The first kappa shape index (κ1) is 27.2. The minimum absolute atomic E-state index is 0.0975. The second-order valence-corrected chi connectivity index (χ2v) is 11.3. The van der Waals surface area contributed by atoms with Crippen LogP contribution in [0.5, 0.6) is 11.5 Å². The fraction of sp³-hybridized carbons (Fsp3) is 0.194. The number of rotatable bonds is 5. The number of carbonyl (C=O) groups excluding carboxylic acids is 2. The van der Waals surface area contributed by atoms with Crippen LogP contribution in [0.1, 0.15) is 40.4 Å². The number of hydrogen-bond acceptors (Lipinski definition) is 4. The van der Waals surface area contributed by atoms with Crippen LogP contribution < -0.4 is 20.8 Å². The monoisotopic (exact) mass is 584 g/mol. The van der Waals surface area contributed by atoms with Gasteiger partial charge in [-0.05, 0) is 72.4 Å². The zero-order valence-corrected chi connectivity index (χ0v) is 23.1. The van der Waals surface area contributed by atoms with Gasteiger partial charge in [0.25, 0.3) is 0 Å². The SMILES string of the molecule is [B]c1ccc(Oc2ccc(C(=O)O)cc2)c([C@@H]2NC(=O)CC([C@@H]3C=CC=C(Cl)C3)[C@]23C(=O)Nc2cc(Cl)ccc23)c1. The Balaban J connectivity index is 1.53. The van der Waals surface area contributed by atoms with Crippen LogP contribution in [0.3, 0.4) is 0 Å². The van der Waals surface area contributed by atoms with Crippen LogP contribution in [-0.2, 0) is 15.0 Å². The fourth-order valence-electron chi connectivity index (χ4n) is 6.32. The normalized spacial score (nSPS) is 24.8. The predicted octanol–water partition coefficient (Wildman–Crippen LogP) is 5.39. The second kappa shape index (κ2) is 10.4. The Hall–Kier alpha value is -4.01. The van der Waals surface area contributed by atoms with Crippen molar-refractivity contribution in [3.8, 4) is 11.5 Å². The van der Waals surface area contributed by atoms with E-state index >= 15 is 0 Å². The van der Waals surface area contributed by atoms with Gasteiger partial charge in [0, 0.05) is 27.7 Å². The average molecular weight is 585 g/mol. The smallest absolute Gasteiger partial charge is 0.335 e. The van der Waals surface area contributed by atoms with E-state index in [1.807, 2.05) is 24.3 Å². The van der Waals surface area contributed by atoms with Crippen molar-refractivity contribution in [3.05, 3.63) is 106 Å². The highest BCUT2D eigenvalue weighted by Crippen LogP contribution is 2.58. The molecule has 7 nitrogen and oxygen atoms in total. The lowest BCUT2D eigenvalue weighted by atomic mass is 9.56. The summed E-state index contributed by atoms with van der Waals surface area (Å²) in [5, 5.41) is 16.5. The lowest BCUT2D eigenvalue weighted by molar-refractivity contribution is -0.135. The summed E-state index contributed by atoms with van der Waals surface area (Å²) in [6.07, 6.45) is 6.25. The maximum absolute atomic E-state index is 14.3. The maximum atomic E-state index is 14.3. The van der Waals surface area contributed by atoms with Gasteiger partial charge in [0.1, 0.15) is 24.8 Å². The van der Waals surface area contributed by atoms with Crippen LogP contribution in [0.15, 0.2) is 83.9 Å². The topological polar surface area (TPSA) is 105 Å². The van der Waals surface area contributed by atoms with Crippen molar-refractivity contribution < 1.29 is 24.2 Å². The van der Waals surface area contributed by atoms with Crippen LogP contribution in [0.2, 0.25) is 5.02 Å². The van der Waals surface area contributed by atoms with E-state index in [4.69, 9.17) is 35.8 Å². The van der Waals surface area contributed by atoms with Crippen LogP contribution in [-0.4, -0.2) is 30.7 Å². The number of carboxylic acid groups (broad SMARTS) is 1. The summed E-state index contributed by atoms with van der Waals surface area (Å²) in [7, 11) is 6.26. The van der Waals surface area contributed by atoms with E-state index in [0.717, 1.165) is 0 Å². The summed E-state index contributed by atoms with van der Waals surface area (Å²) in [5.41, 5.74) is 1.06. The molecule has 1 fully saturated rings. The molecule has 2 amide bonds. The van der Waals surface area contributed by atoms with Gasteiger partial charge in [0.05, 0.1) is 11.6 Å². The summed E-state index contributed by atoms with van der Waals surface area (Å²) < 4.78 is 6.23. The van der Waals surface area contributed by atoms with Crippen LogP contribution in [0.25, 0.3) is 0 Å². The van der Waals surface area contributed by atoms with Gasteiger partial charge in [0.2, 0.25) is 11.8 Å². The van der Waals surface area contributed by atoms with Crippen molar-refractivity contribution in [3.63, 3.8) is 0 Å². The number of halogens is 2. The molecule has 2 aliphatic heterocycles. The Bertz CT molecular complexity index is 1650. The molecular formula is C31H23BCl2N2O5. The van der Waals surface area contributed by atoms with Crippen molar-refractivity contribution >= 4 is 60.0 Å². The number of amides is 2. The number of piperidine rings is 1. The molecule has 10 heteroatoms. The Kier molecular flexibility index (Phi) is 6.92. The van der Waals surface area contributed by atoms with Gasteiger partial charge in [0.15, 0.2) is 0 Å². The third-order valence-electron chi connectivity index (χ3n) is 8.06. The third-order valence-corrected chi connectivity index (χ3v) is 8.57. The van der Waals surface area contributed by atoms with E-state index in [0.29, 0.717) is 50.3 Å². The quantitative estimate of drug-likeness (QED) is 0.349. The van der Waals surface area contributed by atoms with Crippen LogP contribution in [0.4, 0.5) is 5.69 Å². The molecule has 3 N–H and O–H groups in total. The van der Waals surface area contributed by atoms with Gasteiger partial charge in [-0.15, -0.1) is 0 Å². The molecule has 1 spiro atoms. The fourth-order valence-corrected chi connectivity index (χ4v) is 6.75. The molecule has 0 saturated carbocycles. The predicted molar refractivity (Wildman–Crippen MR) is 157 cm³/mol. The van der Waals surface area contributed by atoms with E-state index in [1.165, 1.54) is 12.1 Å². The number of carbonyl (C=O) groups is 3. The molecule has 3 aromatic carbocycles. The molecule has 0 aromatic heterocycles. The van der Waals surface area contributed by atoms with Gasteiger partial charge in [-0.25, -0.2) is 4.79 Å². The number of allylic oxidation sites excluding steroid dienone is 4. The first-order valence-corrected chi connectivity index (χ1v) is 13.8. The number of aromatic carboxylic acids is 1. The molecule has 6 rings (SSSR count). The first-order chi connectivity index (χ1) is 19.7. The molecule has 2 radical (unpaired) electrons. The Labute approximate surface area is 247 Å². The molecule has 0 bridgehead atoms. The zero-order valence-electron chi connectivity index (χ0n) is 21.6. The molecule has 1 unspecified atom stereocenters. The summed E-state index contributed by atoms with van der Waals surface area (Å²) in [6.45, 7) is 0. The van der Waals surface area contributed by atoms with E-state index in [9.17, 15) is 19.5 Å². The maximum Gasteiger partial charge on any atom is 0.335 e. The average Bonchev–Trinajstić information content (AvgIpc) is 3.22. The second-order valence-electron chi connectivity index (χ2n) is 10.4. The molecule has 4 atom stereocenters. The molecule has 1 aliphatic carbocycles. The number of benzene rings is 3. The lowest BCUT2D eigenvalue weighted by Crippen LogP contribution is -2.59. The number of ether oxygens (including phenoxy) is 1. The number of anilines is 1. The van der Waals surface area contributed by atoms with Gasteiger partial charge >= 0.3 is 5.97 Å². The standard InChI is InChI=1S/C31H23BCl2N2O5/c32-18-6-11-26(41-21-8-4-16(5-9-21)29(38)39)22(13-18)28-31(23-10-7-20(34)14-25(23)35-30(31)40)24(15-27(37)36-28)17-2-1-3-19(33)12-17/h1-11,13-14,17,24,28H,12,15H2,(H,35,40)(H,36,37)(H,38,39)/t17-,24?,28+,31+/m1/s1. The largest absolute Gasteiger partial charge is 0.478 e. The lowest BCUT2D eigenvalue weighted by Gasteiger charge is -2.49. The minimum atomic E-state index is -1.25. The summed E-state index contributed by atoms with van der Waals surface area (Å²) in [4.78, 5) is 39.0. The van der Waals surface area contributed by atoms with Crippen molar-refractivity contribution in [1.29, 1.82) is 0 Å². The molecule has 41 heavy (non-hydrogen) atoms. The highest BCUT2D eigenvalue weighted by molar-refractivity contribution is 6.32. The summed E-state index contributed by atoms with van der Waals surface area (Å²) in [5.74, 6) is -1.49. The number of fused-ring (bicyclic) bond motifs is 2. The third kappa shape index (κ3) is 4.71. The van der Waals surface area contributed by atoms with Crippen LogP contribution in [0, 0.1) is 11.8 Å². The first-order valence-electron chi connectivity index (χ1n) is 13.0. The molecule has 3 aromatic rings. The van der Waals surface area contributed by atoms with Crippen molar-refractivity contribution in [2.45, 2.75) is 24.3 Å². The Morgan fingerprint density at radius 3 is 2.54 bits per heavy atom. The zero-order chi connectivity index (χ0) is 28.9. The van der Waals surface area contributed by atoms with E-state index in [1.54, 1.807) is 42.5 Å². The Morgan fingerprint density at radius 1 is 1.02 bits per heavy atom. The highest BCUT2D eigenvalue weighted by atomic mass is 35.5. The van der Waals surface area contributed by atoms with E-state index in [-0.39, 0.29) is 29.7 Å². The van der Waals surface area contributed by atoms with Crippen molar-refractivity contribution in [2.24, 2.45) is 11.8 Å². The highest BCUT2D eigenvalue weighted by Gasteiger charge is 2.62. The van der Waals surface area contributed by atoms with E-state index in [2.05, 4.69) is 10.6 Å². The molecular weight excluding hydrogens is 562 g/mol. The van der Waals surface area contributed by atoms with Gasteiger partial charge < -0.3 is 20.5 Å². The molecule has 3 aliphatic rings. The van der Waals surface area contributed by atoms with Gasteiger partial charge in [-0.1, -0.05) is 59.0 Å². The van der Waals surface area contributed by atoms with Gasteiger partial charge in [-0.3, -0.25) is 9.59 Å². The number of hydrogen-bond donors (Lipinski definition) is 3. The minimum Gasteiger partial charge on any atom is -0.478 e. The summed E-state index contributed by atoms with van der Waals surface area (Å²) in [6, 6.07) is 15.4. The number of carboxylic acids is 1. The van der Waals surface area contributed by atoms with Crippen LogP contribution >= 0.6 is 23.2 Å². The summed E-state index contributed by atoms with van der Waals surface area (Å²) >= 11 is 12.8.